The Labute approximate surface area is 180 Å². The normalized spacial score (nSPS) is 10.8. The largest absolute Gasteiger partial charge is 0.389 e. The van der Waals surface area contributed by atoms with Gasteiger partial charge in [-0.1, -0.05) is 18.6 Å². The van der Waals surface area contributed by atoms with Crippen molar-refractivity contribution in [3.05, 3.63) is 51.7 Å². The van der Waals surface area contributed by atoms with E-state index in [1.165, 1.54) is 34.8 Å². The minimum atomic E-state index is -0.471. The smallest absolute Gasteiger partial charge is 0.270 e. The molecular formula is C20H19N3O5S2. The van der Waals surface area contributed by atoms with Crippen LogP contribution in [0.5, 0.6) is 0 Å². The molecule has 0 spiro atoms. The number of carbonyl (C=O) groups excluding carboxylic acids is 2. The highest BCUT2D eigenvalue weighted by molar-refractivity contribution is 7.22. The molecule has 2 aromatic heterocycles. The summed E-state index contributed by atoms with van der Waals surface area (Å²) in [6.07, 6.45) is 4.11. The molecule has 0 atom stereocenters. The van der Waals surface area contributed by atoms with E-state index in [9.17, 15) is 19.7 Å². The minimum absolute atomic E-state index is 0.0522. The standard InChI is InChI=1S/C20H19N3O5S2/c24-12-15(25)7-2-1-3-8-16(26)17-18(13-5-4-6-14(11-13)23(27)28)30-20(22-17)19-21-9-10-29-19/h4-6,9-11,24H,1-3,7-8,12H2. The predicted octanol–water partition coefficient (Wildman–Crippen LogP) is 4.54. The molecule has 0 saturated heterocycles. The van der Waals surface area contributed by atoms with E-state index in [0.717, 1.165) is 0 Å². The third-order valence-electron chi connectivity index (χ3n) is 4.36. The number of nitrogens with zero attached hydrogens (tertiary/aromatic N) is 3. The van der Waals surface area contributed by atoms with E-state index in [1.54, 1.807) is 18.3 Å². The van der Waals surface area contributed by atoms with Gasteiger partial charge in [0.1, 0.15) is 12.3 Å². The molecule has 0 amide bonds. The molecule has 10 heteroatoms. The van der Waals surface area contributed by atoms with Gasteiger partial charge in [-0.3, -0.25) is 19.7 Å². The number of non-ortho nitro benzene ring substituents is 1. The lowest BCUT2D eigenvalue weighted by molar-refractivity contribution is -0.384. The lowest BCUT2D eigenvalue weighted by atomic mass is 10.0. The molecule has 0 radical (unpaired) electrons. The van der Waals surface area contributed by atoms with Crippen LogP contribution < -0.4 is 0 Å². The van der Waals surface area contributed by atoms with Gasteiger partial charge in [0, 0.05) is 42.1 Å². The number of carbonyl (C=O) groups is 2. The zero-order valence-corrected chi connectivity index (χ0v) is 17.6. The van der Waals surface area contributed by atoms with E-state index in [4.69, 9.17) is 5.11 Å². The summed E-state index contributed by atoms with van der Waals surface area (Å²) in [6, 6.07) is 6.16. The van der Waals surface area contributed by atoms with Gasteiger partial charge < -0.3 is 5.11 Å². The van der Waals surface area contributed by atoms with Gasteiger partial charge >= 0.3 is 0 Å². The molecule has 3 rings (SSSR count). The fourth-order valence-electron chi connectivity index (χ4n) is 2.87. The molecule has 1 N–H and O–H groups in total. The fourth-order valence-corrected chi connectivity index (χ4v) is 4.63. The topological polar surface area (TPSA) is 123 Å². The van der Waals surface area contributed by atoms with Crippen LogP contribution in [0.2, 0.25) is 0 Å². The van der Waals surface area contributed by atoms with E-state index >= 15 is 0 Å². The summed E-state index contributed by atoms with van der Waals surface area (Å²) < 4.78 is 0. The number of nitro benzene ring substituents is 1. The van der Waals surface area contributed by atoms with Gasteiger partial charge in [0.15, 0.2) is 21.6 Å². The van der Waals surface area contributed by atoms with Gasteiger partial charge in [-0.05, 0) is 12.8 Å². The molecule has 0 aliphatic rings. The first-order chi connectivity index (χ1) is 14.5. The van der Waals surface area contributed by atoms with Crippen molar-refractivity contribution in [2.45, 2.75) is 32.1 Å². The zero-order valence-electron chi connectivity index (χ0n) is 15.9. The Balaban J connectivity index is 1.82. The maximum Gasteiger partial charge on any atom is 0.270 e. The Morgan fingerprint density at radius 2 is 1.93 bits per heavy atom. The molecule has 0 aliphatic carbocycles. The maximum absolute atomic E-state index is 12.9. The molecule has 0 unspecified atom stereocenters. The summed E-state index contributed by atoms with van der Waals surface area (Å²) in [5.74, 6) is -0.356. The summed E-state index contributed by atoms with van der Waals surface area (Å²) in [5, 5.41) is 23.0. The number of nitro groups is 1. The van der Waals surface area contributed by atoms with Crippen molar-refractivity contribution in [3.8, 4) is 20.5 Å². The Kier molecular flexibility index (Phi) is 7.50. The number of Topliss-reactive ketones (excluding diaryl/α,β-unsaturated/α-hetero) is 2. The summed E-state index contributed by atoms with van der Waals surface area (Å²) in [5.41, 5.74) is 0.808. The van der Waals surface area contributed by atoms with Crippen molar-refractivity contribution in [2.75, 3.05) is 6.61 Å². The van der Waals surface area contributed by atoms with Crippen molar-refractivity contribution in [2.24, 2.45) is 0 Å². The van der Waals surface area contributed by atoms with Crippen LogP contribution in [0.1, 0.15) is 42.6 Å². The second kappa shape index (κ2) is 10.3. The average molecular weight is 446 g/mol. The van der Waals surface area contributed by atoms with Crippen molar-refractivity contribution in [1.82, 2.24) is 9.97 Å². The van der Waals surface area contributed by atoms with Crippen molar-refractivity contribution < 1.29 is 19.6 Å². The molecular weight excluding hydrogens is 426 g/mol. The first-order valence-electron chi connectivity index (χ1n) is 9.31. The zero-order chi connectivity index (χ0) is 21.5. The van der Waals surface area contributed by atoms with E-state index in [2.05, 4.69) is 9.97 Å². The van der Waals surface area contributed by atoms with Crippen LogP contribution in [0.3, 0.4) is 0 Å². The highest BCUT2D eigenvalue weighted by Crippen LogP contribution is 2.38. The molecule has 3 aromatic rings. The molecule has 0 fully saturated rings. The third-order valence-corrected chi connectivity index (χ3v) is 6.38. The van der Waals surface area contributed by atoms with Crippen LogP contribution in [0.15, 0.2) is 35.8 Å². The predicted molar refractivity (Wildman–Crippen MR) is 115 cm³/mol. The Morgan fingerprint density at radius 1 is 1.13 bits per heavy atom. The summed E-state index contributed by atoms with van der Waals surface area (Å²) in [7, 11) is 0. The van der Waals surface area contributed by atoms with Crippen LogP contribution in [-0.2, 0) is 4.79 Å². The van der Waals surface area contributed by atoms with Crippen LogP contribution in [0.4, 0.5) is 5.69 Å². The molecule has 1 aromatic carbocycles. The molecule has 0 bridgehead atoms. The lowest BCUT2D eigenvalue weighted by Gasteiger charge is -2.03. The molecule has 8 nitrogen and oxygen atoms in total. The second-order valence-electron chi connectivity index (χ2n) is 6.52. The van der Waals surface area contributed by atoms with E-state index in [0.29, 0.717) is 46.1 Å². The van der Waals surface area contributed by atoms with Crippen molar-refractivity contribution in [3.63, 3.8) is 0 Å². The van der Waals surface area contributed by atoms with Crippen molar-refractivity contribution in [1.29, 1.82) is 0 Å². The Bertz CT molecular complexity index is 1050. The van der Waals surface area contributed by atoms with Gasteiger partial charge in [0.05, 0.1) is 9.80 Å². The number of aliphatic hydroxyl groups is 1. The maximum atomic E-state index is 12.9. The first kappa shape index (κ1) is 21.9. The van der Waals surface area contributed by atoms with Crippen molar-refractivity contribution >= 4 is 39.9 Å². The molecule has 2 heterocycles. The van der Waals surface area contributed by atoms with Gasteiger partial charge in [-0.15, -0.1) is 22.7 Å². The molecule has 156 valence electrons. The van der Waals surface area contributed by atoms with E-state index < -0.39 is 11.5 Å². The van der Waals surface area contributed by atoms with Crippen LogP contribution in [0, 0.1) is 10.1 Å². The highest BCUT2D eigenvalue weighted by atomic mass is 32.1. The highest BCUT2D eigenvalue weighted by Gasteiger charge is 2.22. The Morgan fingerprint density at radius 3 is 2.63 bits per heavy atom. The van der Waals surface area contributed by atoms with Gasteiger partial charge in [0.2, 0.25) is 0 Å². The number of thiazole rings is 2. The summed E-state index contributed by atoms with van der Waals surface area (Å²) >= 11 is 2.70. The lowest BCUT2D eigenvalue weighted by Crippen LogP contribution is -2.04. The number of rotatable bonds is 11. The van der Waals surface area contributed by atoms with Gasteiger partial charge in [-0.2, -0.15) is 0 Å². The van der Waals surface area contributed by atoms with E-state index in [1.807, 2.05) is 5.38 Å². The van der Waals surface area contributed by atoms with Gasteiger partial charge in [-0.25, -0.2) is 9.97 Å². The SMILES string of the molecule is O=C(CO)CCCCCC(=O)c1nc(-c2nccs2)sc1-c1cccc([N+](=O)[O-])c1. The molecule has 30 heavy (non-hydrogen) atoms. The number of benzene rings is 1. The minimum Gasteiger partial charge on any atom is -0.389 e. The average Bonchev–Trinajstić information content (AvgIpc) is 3.43. The number of aliphatic hydroxyl groups excluding tert-OH is 1. The monoisotopic (exact) mass is 445 g/mol. The molecule has 0 aliphatic heterocycles. The number of ketones is 2. The Hall–Kier alpha value is -2.82. The fraction of sp³-hybridized carbons (Fsp3) is 0.300. The first-order valence-corrected chi connectivity index (χ1v) is 11.0. The second-order valence-corrected chi connectivity index (χ2v) is 8.42. The third kappa shape index (κ3) is 5.41. The quantitative estimate of drug-likeness (QED) is 0.199. The van der Waals surface area contributed by atoms with Crippen LogP contribution in [0.25, 0.3) is 20.5 Å². The van der Waals surface area contributed by atoms with Crippen LogP contribution in [-0.4, -0.2) is 38.2 Å². The van der Waals surface area contributed by atoms with Gasteiger partial charge in [0.25, 0.3) is 5.69 Å². The summed E-state index contributed by atoms with van der Waals surface area (Å²) in [6.45, 7) is -0.455. The number of hydrogen-bond donors (Lipinski definition) is 1. The van der Waals surface area contributed by atoms with Crippen LogP contribution >= 0.6 is 22.7 Å². The number of unbranched alkanes of at least 4 members (excludes halogenated alkanes) is 2. The van der Waals surface area contributed by atoms with E-state index in [-0.39, 0.29) is 29.4 Å². The number of hydrogen-bond acceptors (Lipinski definition) is 9. The number of aromatic nitrogens is 2. The molecule has 0 saturated carbocycles. The summed E-state index contributed by atoms with van der Waals surface area (Å²) in [4.78, 5) is 44.0.